The van der Waals surface area contributed by atoms with Crippen LogP contribution < -0.4 is 11.2 Å². The van der Waals surface area contributed by atoms with Crippen LogP contribution >= 0.6 is 0 Å². The minimum atomic E-state index is -0.969. The van der Waals surface area contributed by atoms with Gasteiger partial charge in [-0.05, 0) is 13.0 Å². The molecule has 0 atom stereocenters. The first-order valence-corrected chi connectivity index (χ1v) is 2.55. The van der Waals surface area contributed by atoms with Crippen molar-refractivity contribution in [3.63, 3.8) is 0 Å². The van der Waals surface area contributed by atoms with Gasteiger partial charge in [0.15, 0.2) is 0 Å². The fourth-order valence-corrected chi connectivity index (χ4v) is 0.323. The number of carbonyl (C=O) groups is 2. The summed E-state index contributed by atoms with van der Waals surface area (Å²) in [5.41, 5.74) is 0. The van der Waals surface area contributed by atoms with Gasteiger partial charge >= 0.3 is 6.09 Å². The second kappa shape index (κ2) is 4.51. The molecular weight excluding hydrogens is 136 g/mol. The molecule has 0 aliphatic heterocycles. The van der Waals surface area contributed by atoms with Gasteiger partial charge in [0.1, 0.15) is 0 Å². The standard InChI is InChI=1S/C5H8N2O3/c1-2-3-4(8)7-5(9)10-6/h2-3H,6H2,1H3,(H,7,8,9). The summed E-state index contributed by atoms with van der Waals surface area (Å²) in [5.74, 6) is 3.87. The first-order chi connectivity index (χ1) is 4.70. The first kappa shape index (κ1) is 8.64. The number of carbonyl (C=O) groups excluding carboxylic acids is 2. The maximum atomic E-state index is 10.5. The van der Waals surface area contributed by atoms with E-state index in [9.17, 15) is 9.59 Å². The van der Waals surface area contributed by atoms with Gasteiger partial charge < -0.3 is 4.84 Å². The predicted molar refractivity (Wildman–Crippen MR) is 33.6 cm³/mol. The number of allylic oxidation sites excluding steroid dienone is 1. The van der Waals surface area contributed by atoms with E-state index < -0.39 is 12.0 Å². The quantitative estimate of drug-likeness (QED) is 0.390. The number of rotatable bonds is 1. The molecule has 0 rings (SSSR count). The molecule has 5 heteroatoms. The molecule has 5 nitrogen and oxygen atoms in total. The van der Waals surface area contributed by atoms with Crippen LogP contribution in [0.25, 0.3) is 0 Å². The second-order valence-electron chi connectivity index (χ2n) is 1.39. The molecule has 10 heavy (non-hydrogen) atoms. The van der Waals surface area contributed by atoms with Crippen LogP contribution in [0.15, 0.2) is 12.2 Å². The number of hydrogen-bond donors (Lipinski definition) is 2. The van der Waals surface area contributed by atoms with Gasteiger partial charge in [0.2, 0.25) is 0 Å². The van der Waals surface area contributed by atoms with Crippen molar-refractivity contribution < 1.29 is 14.4 Å². The summed E-state index contributed by atoms with van der Waals surface area (Å²) in [6.07, 6.45) is 1.69. The van der Waals surface area contributed by atoms with Crippen molar-refractivity contribution in [1.29, 1.82) is 0 Å². The van der Waals surface area contributed by atoms with Gasteiger partial charge in [-0.1, -0.05) is 6.08 Å². The average molecular weight is 144 g/mol. The first-order valence-electron chi connectivity index (χ1n) is 2.55. The Bertz CT molecular complexity index is 164. The Morgan fingerprint density at radius 3 is 2.60 bits per heavy atom. The summed E-state index contributed by atoms with van der Waals surface area (Å²) in [7, 11) is 0. The van der Waals surface area contributed by atoms with Gasteiger partial charge in [-0.3, -0.25) is 10.1 Å². The highest BCUT2D eigenvalue weighted by atomic mass is 16.7. The lowest BCUT2D eigenvalue weighted by Crippen LogP contribution is -2.31. The van der Waals surface area contributed by atoms with Gasteiger partial charge in [-0.2, -0.15) is 5.90 Å². The zero-order valence-corrected chi connectivity index (χ0v) is 5.46. The molecular formula is C5H8N2O3. The minimum Gasteiger partial charge on any atom is -0.356 e. The molecule has 0 aromatic heterocycles. The number of nitrogens with one attached hydrogen (secondary N) is 1. The lowest BCUT2D eigenvalue weighted by Gasteiger charge is -1.94. The van der Waals surface area contributed by atoms with Crippen LogP contribution in [0.3, 0.4) is 0 Å². The van der Waals surface area contributed by atoms with Crippen molar-refractivity contribution in [1.82, 2.24) is 5.32 Å². The zero-order chi connectivity index (χ0) is 7.98. The zero-order valence-electron chi connectivity index (χ0n) is 5.46. The van der Waals surface area contributed by atoms with Crippen molar-refractivity contribution in [2.24, 2.45) is 5.90 Å². The van der Waals surface area contributed by atoms with Crippen molar-refractivity contribution >= 4 is 12.0 Å². The van der Waals surface area contributed by atoms with E-state index in [2.05, 4.69) is 10.7 Å². The van der Waals surface area contributed by atoms with Crippen LogP contribution in [0.4, 0.5) is 4.79 Å². The Labute approximate surface area is 57.8 Å². The van der Waals surface area contributed by atoms with Crippen LogP contribution in [0.2, 0.25) is 0 Å². The fourth-order valence-electron chi connectivity index (χ4n) is 0.323. The van der Waals surface area contributed by atoms with Gasteiger partial charge in [0, 0.05) is 0 Å². The summed E-state index contributed by atoms with van der Waals surface area (Å²) in [6, 6.07) is 0. The summed E-state index contributed by atoms with van der Waals surface area (Å²) in [6.45, 7) is 1.65. The predicted octanol–water partition coefficient (Wildman–Crippen LogP) is -0.311. The van der Waals surface area contributed by atoms with Crippen LogP contribution in [0.1, 0.15) is 6.92 Å². The molecule has 0 aliphatic rings. The molecule has 0 aromatic rings. The van der Waals surface area contributed by atoms with E-state index >= 15 is 0 Å². The smallest absolute Gasteiger partial charge is 0.356 e. The summed E-state index contributed by atoms with van der Waals surface area (Å²) in [5, 5.41) is 1.82. The van der Waals surface area contributed by atoms with Crippen LogP contribution in [0.5, 0.6) is 0 Å². The molecule has 0 aromatic carbocycles. The molecule has 0 saturated carbocycles. The highest BCUT2D eigenvalue weighted by Gasteiger charge is 2.01. The Morgan fingerprint density at radius 2 is 2.20 bits per heavy atom. The van der Waals surface area contributed by atoms with Gasteiger partial charge in [0.25, 0.3) is 5.91 Å². The Balaban J connectivity index is 3.68. The van der Waals surface area contributed by atoms with Crippen molar-refractivity contribution in [3.8, 4) is 0 Å². The monoisotopic (exact) mass is 144 g/mol. The van der Waals surface area contributed by atoms with Crippen molar-refractivity contribution in [2.75, 3.05) is 0 Å². The maximum absolute atomic E-state index is 10.5. The SMILES string of the molecule is CC=CC(=O)NC(=O)ON. The topological polar surface area (TPSA) is 81.4 Å². The molecule has 56 valence electrons. The molecule has 0 unspecified atom stereocenters. The van der Waals surface area contributed by atoms with Crippen LogP contribution in [-0.4, -0.2) is 12.0 Å². The number of nitrogens with two attached hydrogens (primary N) is 1. The number of amides is 2. The van der Waals surface area contributed by atoms with E-state index in [-0.39, 0.29) is 0 Å². The molecule has 0 saturated heterocycles. The Morgan fingerprint density at radius 1 is 1.60 bits per heavy atom. The largest absolute Gasteiger partial charge is 0.432 e. The maximum Gasteiger partial charge on any atom is 0.432 e. The van der Waals surface area contributed by atoms with E-state index in [1.165, 1.54) is 12.2 Å². The molecule has 0 radical (unpaired) electrons. The van der Waals surface area contributed by atoms with Gasteiger partial charge in [-0.25, -0.2) is 4.79 Å². The normalized spacial score (nSPS) is 9.40. The van der Waals surface area contributed by atoms with Gasteiger partial charge in [-0.15, -0.1) is 0 Å². The molecule has 0 heterocycles. The van der Waals surface area contributed by atoms with E-state index in [4.69, 9.17) is 0 Å². The minimum absolute atomic E-state index is 0.557. The van der Waals surface area contributed by atoms with E-state index in [0.29, 0.717) is 0 Å². The van der Waals surface area contributed by atoms with Crippen LogP contribution in [0, 0.1) is 0 Å². The third-order valence-corrected chi connectivity index (χ3v) is 0.650. The molecule has 2 amide bonds. The molecule has 0 fully saturated rings. The molecule has 0 spiro atoms. The third kappa shape index (κ3) is 3.62. The van der Waals surface area contributed by atoms with Crippen LogP contribution in [-0.2, 0) is 9.63 Å². The summed E-state index contributed by atoms with van der Waals surface area (Å²) < 4.78 is 0. The van der Waals surface area contributed by atoms with Crippen molar-refractivity contribution in [3.05, 3.63) is 12.2 Å². The fraction of sp³-hybridized carbons (Fsp3) is 0.200. The lowest BCUT2D eigenvalue weighted by molar-refractivity contribution is -0.115. The third-order valence-electron chi connectivity index (χ3n) is 0.650. The highest BCUT2D eigenvalue weighted by Crippen LogP contribution is 1.73. The molecule has 0 bridgehead atoms. The summed E-state index contributed by atoms with van der Waals surface area (Å²) >= 11 is 0. The van der Waals surface area contributed by atoms with Gasteiger partial charge in [0.05, 0.1) is 0 Å². The Kier molecular flexibility index (Phi) is 3.90. The Hall–Kier alpha value is -1.36. The number of imide groups is 1. The lowest BCUT2D eigenvalue weighted by atomic mass is 10.5. The highest BCUT2D eigenvalue weighted by molar-refractivity contribution is 5.98. The average Bonchev–Trinajstić information content (AvgIpc) is 1.88. The second-order valence-corrected chi connectivity index (χ2v) is 1.39. The van der Waals surface area contributed by atoms with E-state index in [1.54, 1.807) is 6.92 Å². The van der Waals surface area contributed by atoms with E-state index in [1.807, 2.05) is 5.32 Å². The summed E-state index contributed by atoms with van der Waals surface area (Å²) in [4.78, 5) is 24.3. The number of hydrogen-bond acceptors (Lipinski definition) is 4. The van der Waals surface area contributed by atoms with Crippen molar-refractivity contribution in [2.45, 2.75) is 6.92 Å². The van der Waals surface area contributed by atoms with E-state index in [0.717, 1.165) is 0 Å². The molecule has 3 N–H and O–H groups in total. The molecule has 0 aliphatic carbocycles.